The lowest BCUT2D eigenvalue weighted by molar-refractivity contribution is 0.234. The second-order valence-electron chi connectivity index (χ2n) is 4.12. The number of anilines is 1. The Kier molecular flexibility index (Phi) is 4.42. The highest BCUT2D eigenvalue weighted by Gasteiger charge is 2.17. The van der Waals surface area contributed by atoms with Crippen molar-refractivity contribution in [1.29, 1.82) is 0 Å². The molecule has 1 aliphatic rings. The fourth-order valence-corrected chi connectivity index (χ4v) is 2.90. The molecule has 1 saturated heterocycles. The van der Waals surface area contributed by atoms with Gasteiger partial charge in [0.15, 0.2) is 0 Å². The minimum atomic E-state index is 0.687. The van der Waals surface area contributed by atoms with Crippen LogP contribution >= 0.6 is 11.8 Å². The van der Waals surface area contributed by atoms with Gasteiger partial charge in [0.05, 0.1) is 17.8 Å². The molecule has 0 unspecified atom stereocenters. The highest BCUT2D eigenvalue weighted by molar-refractivity contribution is 7.98. The molecule has 3 nitrogen and oxygen atoms in total. The molecule has 0 aromatic carbocycles. The van der Waals surface area contributed by atoms with E-state index in [0.717, 1.165) is 6.54 Å². The van der Waals surface area contributed by atoms with Crippen molar-refractivity contribution in [2.24, 2.45) is 0 Å². The first kappa shape index (κ1) is 12.4. The molecular formula is C13H20N2OS. The highest BCUT2D eigenvalue weighted by Crippen LogP contribution is 2.27. The molecule has 2 heterocycles. The summed E-state index contributed by atoms with van der Waals surface area (Å²) in [7, 11) is 0. The Balaban J connectivity index is 2.13. The zero-order valence-corrected chi connectivity index (χ0v) is 11.2. The van der Waals surface area contributed by atoms with E-state index in [-0.39, 0.29) is 0 Å². The van der Waals surface area contributed by atoms with Crippen LogP contribution in [0.25, 0.3) is 0 Å². The quantitative estimate of drug-likeness (QED) is 0.440. The van der Waals surface area contributed by atoms with Crippen molar-refractivity contribution in [3.63, 3.8) is 0 Å². The first-order valence-electron chi connectivity index (χ1n) is 6.08. The Labute approximate surface area is 107 Å². The highest BCUT2D eigenvalue weighted by atomic mass is 32.2. The molecule has 1 aromatic heterocycles. The summed E-state index contributed by atoms with van der Waals surface area (Å²) in [5, 5.41) is 1.31. The largest absolute Gasteiger partial charge is 0.500 e. The lowest BCUT2D eigenvalue weighted by atomic mass is 10.4. The van der Waals surface area contributed by atoms with Gasteiger partial charge in [-0.3, -0.25) is 0 Å². The SMILES string of the molecule is C=COCCn1c(SC)ccc1N1CCCC1. The Hall–Kier alpha value is -1.03. The van der Waals surface area contributed by atoms with E-state index in [9.17, 15) is 0 Å². The maximum Gasteiger partial charge on any atom is 0.109 e. The third kappa shape index (κ3) is 2.80. The Bertz CT molecular complexity index is 369. The number of thioether (sulfide) groups is 1. The molecule has 2 rings (SSSR count). The lowest BCUT2D eigenvalue weighted by Gasteiger charge is -2.21. The van der Waals surface area contributed by atoms with Gasteiger partial charge in [0.25, 0.3) is 0 Å². The van der Waals surface area contributed by atoms with E-state index < -0.39 is 0 Å². The standard InChI is InChI=1S/C13H20N2OS/c1-3-16-11-10-15-12(6-7-13(15)17-2)14-8-4-5-9-14/h3,6-7H,1,4-5,8-11H2,2H3. The van der Waals surface area contributed by atoms with Gasteiger partial charge in [-0.25, -0.2) is 0 Å². The zero-order chi connectivity index (χ0) is 12.1. The molecule has 0 aliphatic carbocycles. The van der Waals surface area contributed by atoms with Gasteiger partial charge in [-0.15, -0.1) is 11.8 Å². The van der Waals surface area contributed by atoms with E-state index in [4.69, 9.17) is 4.74 Å². The summed E-state index contributed by atoms with van der Waals surface area (Å²) in [6.07, 6.45) is 6.25. The number of rotatable bonds is 6. The number of hydrogen-bond donors (Lipinski definition) is 0. The maximum atomic E-state index is 5.24. The van der Waals surface area contributed by atoms with Crippen LogP contribution in [0.4, 0.5) is 5.82 Å². The van der Waals surface area contributed by atoms with E-state index in [2.05, 4.69) is 34.4 Å². The van der Waals surface area contributed by atoms with Gasteiger partial charge in [0.2, 0.25) is 0 Å². The normalized spacial score (nSPS) is 15.2. The molecule has 94 valence electrons. The summed E-state index contributed by atoms with van der Waals surface area (Å²) in [5.41, 5.74) is 0. The van der Waals surface area contributed by atoms with Crippen molar-refractivity contribution in [1.82, 2.24) is 4.57 Å². The van der Waals surface area contributed by atoms with Crippen molar-refractivity contribution in [2.45, 2.75) is 24.4 Å². The smallest absolute Gasteiger partial charge is 0.109 e. The molecule has 0 amide bonds. The minimum absolute atomic E-state index is 0.687. The van der Waals surface area contributed by atoms with Crippen LogP contribution in [0.5, 0.6) is 0 Å². The van der Waals surface area contributed by atoms with E-state index >= 15 is 0 Å². The van der Waals surface area contributed by atoms with E-state index in [1.54, 1.807) is 11.8 Å². The fourth-order valence-electron chi connectivity index (χ4n) is 2.29. The van der Waals surface area contributed by atoms with Gasteiger partial charge in [-0.2, -0.15) is 0 Å². The lowest BCUT2D eigenvalue weighted by Crippen LogP contribution is -2.22. The molecule has 17 heavy (non-hydrogen) atoms. The van der Waals surface area contributed by atoms with Crippen LogP contribution in [0.15, 0.2) is 30.0 Å². The predicted octanol–water partition coefficient (Wildman–Crippen LogP) is 2.97. The first-order chi connectivity index (χ1) is 8.36. The molecule has 0 spiro atoms. The molecule has 4 heteroatoms. The second kappa shape index (κ2) is 6.05. The van der Waals surface area contributed by atoms with Gasteiger partial charge >= 0.3 is 0 Å². The fraction of sp³-hybridized carbons (Fsp3) is 0.538. The van der Waals surface area contributed by atoms with Crippen molar-refractivity contribution >= 4 is 17.6 Å². The van der Waals surface area contributed by atoms with Crippen LogP contribution in [-0.4, -0.2) is 30.5 Å². The second-order valence-corrected chi connectivity index (χ2v) is 4.94. The van der Waals surface area contributed by atoms with Crippen LogP contribution in [0.3, 0.4) is 0 Å². The summed E-state index contributed by atoms with van der Waals surface area (Å²) >= 11 is 1.79. The van der Waals surface area contributed by atoms with Crippen LogP contribution < -0.4 is 4.90 Å². The van der Waals surface area contributed by atoms with Gasteiger partial charge < -0.3 is 14.2 Å². The molecule has 0 bridgehead atoms. The number of nitrogens with zero attached hydrogens (tertiary/aromatic N) is 2. The summed E-state index contributed by atoms with van der Waals surface area (Å²) in [6, 6.07) is 4.43. The third-order valence-electron chi connectivity index (χ3n) is 3.11. The van der Waals surface area contributed by atoms with Gasteiger partial charge in [0.1, 0.15) is 12.4 Å². The van der Waals surface area contributed by atoms with Gasteiger partial charge in [-0.1, -0.05) is 6.58 Å². The molecule has 0 saturated carbocycles. The Morgan fingerprint density at radius 3 is 2.82 bits per heavy atom. The average molecular weight is 252 g/mol. The predicted molar refractivity (Wildman–Crippen MR) is 73.8 cm³/mol. The maximum absolute atomic E-state index is 5.24. The van der Waals surface area contributed by atoms with Crippen molar-refractivity contribution in [3.8, 4) is 0 Å². The summed E-state index contributed by atoms with van der Waals surface area (Å²) < 4.78 is 7.59. The zero-order valence-electron chi connectivity index (χ0n) is 10.4. The van der Waals surface area contributed by atoms with E-state index in [1.807, 2.05) is 0 Å². The van der Waals surface area contributed by atoms with Crippen molar-refractivity contribution < 1.29 is 4.74 Å². The average Bonchev–Trinajstić information content (AvgIpc) is 2.97. The van der Waals surface area contributed by atoms with E-state index in [0.29, 0.717) is 6.61 Å². The summed E-state index contributed by atoms with van der Waals surface area (Å²) in [4.78, 5) is 2.47. The Morgan fingerprint density at radius 1 is 1.41 bits per heavy atom. The van der Waals surface area contributed by atoms with Crippen LogP contribution in [0.1, 0.15) is 12.8 Å². The molecular weight excluding hydrogens is 232 g/mol. The number of ether oxygens (including phenoxy) is 1. The molecule has 1 fully saturated rings. The monoisotopic (exact) mass is 252 g/mol. The third-order valence-corrected chi connectivity index (χ3v) is 3.88. The summed E-state index contributed by atoms with van der Waals surface area (Å²) in [6.45, 7) is 7.51. The number of aromatic nitrogens is 1. The van der Waals surface area contributed by atoms with Gasteiger partial charge in [-0.05, 0) is 31.2 Å². The van der Waals surface area contributed by atoms with Crippen LogP contribution in [0, 0.1) is 0 Å². The molecule has 0 atom stereocenters. The molecule has 0 N–H and O–H groups in total. The van der Waals surface area contributed by atoms with Gasteiger partial charge in [0, 0.05) is 13.1 Å². The molecule has 1 aliphatic heterocycles. The minimum Gasteiger partial charge on any atom is -0.500 e. The van der Waals surface area contributed by atoms with Crippen LogP contribution in [-0.2, 0) is 11.3 Å². The molecule has 0 radical (unpaired) electrons. The van der Waals surface area contributed by atoms with Crippen molar-refractivity contribution in [2.75, 3.05) is 30.9 Å². The Morgan fingerprint density at radius 2 is 2.18 bits per heavy atom. The number of hydrogen-bond acceptors (Lipinski definition) is 3. The van der Waals surface area contributed by atoms with E-state index in [1.165, 1.54) is 43.0 Å². The molecule has 1 aromatic rings. The topological polar surface area (TPSA) is 17.4 Å². The summed E-state index contributed by atoms with van der Waals surface area (Å²) in [5.74, 6) is 1.33. The van der Waals surface area contributed by atoms with Crippen molar-refractivity contribution in [3.05, 3.63) is 25.0 Å². The first-order valence-corrected chi connectivity index (χ1v) is 7.30. The van der Waals surface area contributed by atoms with Crippen LogP contribution in [0.2, 0.25) is 0 Å².